The molecule has 66 valence electrons. The van der Waals surface area contributed by atoms with E-state index in [1.54, 1.807) is 0 Å². The highest BCUT2D eigenvalue weighted by Gasteiger charge is 2.12. The molecule has 0 heterocycles. The molecule has 1 aromatic carbocycles. The van der Waals surface area contributed by atoms with Crippen molar-refractivity contribution in [2.24, 2.45) is 0 Å². The molecule has 0 aliphatic heterocycles. The Morgan fingerprint density at radius 2 is 2.23 bits per heavy atom. The van der Waals surface area contributed by atoms with Crippen LogP contribution in [0.3, 0.4) is 0 Å². The lowest BCUT2D eigenvalue weighted by Gasteiger charge is -2.03. The van der Waals surface area contributed by atoms with E-state index in [2.05, 4.69) is 0 Å². The van der Waals surface area contributed by atoms with Gasteiger partial charge in [-0.25, -0.2) is 0 Å². The molecule has 0 spiro atoms. The molecule has 0 bridgehead atoms. The molecular weight excluding hydrogens is 281 g/mol. The zero-order valence-corrected chi connectivity index (χ0v) is 8.99. The van der Waals surface area contributed by atoms with E-state index >= 15 is 0 Å². The van der Waals surface area contributed by atoms with Gasteiger partial charge in [-0.1, -0.05) is 0 Å². The Morgan fingerprint density at radius 3 is 2.69 bits per heavy atom. The second-order valence-corrected chi connectivity index (χ2v) is 3.68. The van der Waals surface area contributed by atoms with E-state index in [1.807, 2.05) is 28.7 Å². The third-order valence-corrected chi connectivity index (χ3v) is 2.40. The first-order valence-corrected chi connectivity index (χ1v) is 4.57. The van der Waals surface area contributed by atoms with E-state index in [1.165, 1.54) is 19.1 Å². The van der Waals surface area contributed by atoms with Crippen molar-refractivity contribution in [3.63, 3.8) is 0 Å². The van der Waals surface area contributed by atoms with Crippen LogP contribution in [-0.2, 0) is 0 Å². The smallest absolute Gasteiger partial charge is 0.162 e. The van der Waals surface area contributed by atoms with Gasteiger partial charge in [0.2, 0.25) is 0 Å². The Morgan fingerprint density at radius 1 is 1.62 bits per heavy atom. The van der Waals surface area contributed by atoms with Gasteiger partial charge in [0.05, 0.1) is 5.56 Å². The minimum atomic E-state index is -0.166. The molecule has 1 N–H and O–H groups in total. The van der Waals surface area contributed by atoms with E-state index in [4.69, 9.17) is 10.4 Å². The number of phenols is 1. The maximum atomic E-state index is 11.1. The highest BCUT2D eigenvalue weighted by Crippen LogP contribution is 2.23. The average Bonchev–Trinajstić information content (AvgIpc) is 2.01. The summed E-state index contributed by atoms with van der Waals surface area (Å²) >= 11 is 1.92. The predicted octanol–water partition coefficient (Wildman–Crippen LogP) is 2.07. The highest BCUT2D eigenvalue weighted by molar-refractivity contribution is 14.1. The number of carbonyl (C=O) groups excluding carboxylic acids is 1. The monoisotopic (exact) mass is 287 g/mol. The largest absolute Gasteiger partial charge is 0.508 e. The van der Waals surface area contributed by atoms with Crippen LogP contribution in [0.1, 0.15) is 22.8 Å². The molecule has 0 radical (unpaired) electrons. The summed E-state index contributed by atoms with van der Waals surface area (Å²) in [5.41, 5.74) is 0.595. The highest BCUT2D eigenvalue weighted by atomic mass is 127. The summed E-state index contributed by atoms with van der Waals surface area (Å²) in [6, 6.07) is 4.62. The van der Waals surface area contributed by atoms with Crippen LogP contribution in [0.25, 0.3) is 0 Å². The van der Waals surface area contributed by atoms with E-state index in [0.29, 0.717) is 9.13 Å². The third-order valence-electron chi connectivity index (χ3n) is 1.55. The standard InChI is InChI=1S/C9H6INO2/c1-5(12)9-6(4-11)2-7(13)3-8(9)10/h2-3,13H,1H3. The van der Waals surface area contributed by atoms with Crippen molar-refractivity contribution in [2.75, 3.05) is 0 Å². The number of hydrogen-bond donors (Lipinski definition) is 1. The number of nitriles is 1. The van der Waals surface area contributed by atoms with Crippen molar-refractivity contribution in [3.8, 4) is 11.8 Å². The molecule has 0 fully saturated rings. The number of phenolic OH excluding ortho intramolecular Hbond substituents is 1. The van der Waals surface area contributed by atoms with E-state index in [0.717, 1.165) is 0 Å². The first-order chi connectivity index (χ1) is 6.06. The molecule has 0 saturated carbocycles. The molecule has 4 heteroatoms. The summed E-state index contributed by atoms with van der Waals surface area (Å²) < 4.78 is 0.599. The van der Waals surface area contributed by atoms with Crippen LogP contribution < -0.4 is 0 Å². The van der Waals surface area contributed by atoms with Crippen LogP contribution in [0, 0.1) is 14.9 Å². The number of hydrogen-bond acceptors (Lipinski definition) is 3. The molecule has 3 nitrogen and oxygen atoms in total. The lowest BCUT2D eigenvalue weighted by Crippen LogP contribution is -1.99. The van der Waals surface area contributed by atoms with Gasteiger partial charge in [-0.3, -0.25) is 4.79 Å². The lowest BCUT2D eigenvalue weighted by atomic mass is 10.1. The van der Waals surface area contributed by atoms with Gasteiger partial charge in [-0.15, -0.1) is 0 Å². The first-order valence-electron chi connectivity index (χ1n) is 3.50. The molecule has 0 aromatic heterocycles. The zero-order valence-electron chi connectivity index (χ0n) is 6.84. The Labute approximate surface area is 89.1 Å². The minimum Gasteiger partial charge on any atom is -0.508 e. The first kappa shape index (κ1) is 9.99. The number of halogens is 1. The number of carbonyl (C=O) groups is 1. The van der Waals surface area contributed by atoms with Crippen LogP contribution in [0.4, 0.5) is 0 Å². The van der Waals surface area contributed by atoms with Crippen molar-refractivity contribution < 1.29 is 9.90 Å². The number of Topliss-reactive ketones (excluding diaryl/α,β-unsaturated/α-hetero) is 1. The molecule has 0 saturated heterocycles. The van der Waals surface area contributed by atoms with E-state index in [9.17, 15) is 4.79 Å². The SMILES string of the molecule is CC(=O)c1c(I)cc(O)cc1C#N. The maximum absolute atomic E-state index is 11.1. The summed E-state index contributed by atoms with van der Waals surface area (Å²) in [6.45, 7) is 1.40. The van der Waals surface area contributed by atoms with Gasteiger partial charge in [0.1, 0.15) is 11.8 Å². The van der Waals surface area contributed by atoms with Crippen LogP contribution >= 0.6 is 22.6 Å². The van der Waals surface area contributed by atoms with Crippen molar-refractivity contribution in [2.45, 2.75) is 6.92 Å². The molecular formula is C9H6INO2. The second kappa shape index (κ2) is 3.75. The fourth-order valence-corrected chi connectivity index (χ4v) is 2.03. The molecule has 0 atom stereocenters. The van der Waals surface area contributed by atoms with Gasteiger partial charge in [-0.2, -0.15) is 5.26 Å². The number of aromatic hydroxyl groups is 1. The van der Waals surface area contributed by atoms with Crippen molar-refractivity contribution in [3.05, 3.63) is 26.8 Å². The average molecular weight is 287 g/mol. The summed E-state index contributed by atoms with van der Waals surface area (Å²) in [7, 11) is 0. The van der Waals surface area contributed by atoms with Crippen molar-refractivity contribution in [1.29, 1.82) is 5.26 Å². The predicted molar refractivity (Wildman–Crippen MR) is 55.5 cm³/mol. The van der Waals surface area contributed by atoms with Crippen LogP contribution in [0.2, 0.25) is 0 Å². The minimum absolute atomic E-state index is 0.00551. The molecule has 1 rings (SSSR count). The van der Waals surface area contributed by atoms with Gasteiger partial charge < -0.3 is 5.11 Å². The number of benzene rings is 1. The van der Waals surface area contributed by atoms with Gasteiger partial charge in [0, 0.05) is 9.13 Å². The quantitative estimate of drug-likeness (QED) is 0.635. The number of nitrogens with zero attached hydrogens (tertiary/aromatic N) is 1. The van der Waals surface area contributed by atoms with Crippen LogP contribution in [0.5, 0.6) is 5.75 Å². The van der Waals surface area contributed by atoms with Gasteiger partial charge in [0.25, 0.3) is 0 Å². The molecule has 13 heavy (non-hydrogen) atoms. The van der Waals surface area contributed by atoms with Gasteiger partial charge in [0.15, 0.2) is 5.78 Å². The molecule has 1 aromatic rings. The lowest BCUT2D eigenvalue weighted by molar-refractivity contribution is 0.101. The third kappa shape index (κ3) is 1.98. The van der Waals surface area contributed by atoms with Gasteiger partial charge >= 0.3 is 0 Å². The summed E-state index contributed by atoms with van der Waals surface area (Å²) in [5, 5.41) is 17.9. The second-order valence-electron chi connectivity index (χ2n) is 2.52. The summed E-state index contributed by atoms with van der Waals surface area (Å²) in [4.78, 5) is 11.1. The van der Waals surface area contributed by atoms with Crippen LogP contribution in [0.15, 0.2) is 12.1 Å². The van der Waals surface area contributed by atoms with Gasteiger partial charge in [-0.05, 0) is 41.6 Å². The fourth-order valence-electron chi connectivity index (χ4n) is 1.04. The Kier molecular flexibility index (Phi) is 2.88. The normalized spacial score (nSPS) is 9.31. The Balaban J connectivity index is 3.50. The fraction of sp³-hybridized carbons (Fsp3) is 0.111. The molecule has 0 aliphatic rings. The Hall–Kier alpha value is -1.09. The summed E-state index contributed by atoms with van der Waals surface area (Å²) in [6.07, 6.45) is 0. The van der Waals surface area contributed by atoms with Crippen LogP contribution in [-0.4, -0.2) is 10.9 Å². The summed E-state index contributed by atoms with van der Waals surface area (Å²) in [5.74, 6) is -0.160. The van der Waals surface area contributed by atoms with Crippen molar-refractivity contribution in [1.82, 2.24) is 0 Å². The van der Waals surface area contributed by atoms with Crippen molar-refractivity contribution >= 4 is 28.4 Å². The Bertz CT molecular complexity index is 407. The van der Waals surface area contributed by atoms with E-state index < -0.39 is 0 Å². The van der Waals surface area contributed by atoms with E-state index in [-0.39, 0.29) is 17.1 Å². The number of rotatable bonds is 1. The number of ketones is 1. The maximum Gasteiger partial charge on any atom is 0.162 e. The molecule has 0 unspecified atom stereocenters. The zero-order chi connectivity index (χ0) is 10.0. The topological polar surface area (TPSA) is 61.1 Å². The molecule has 0 aliphatic carbocycles. The molecule has 0 amide bonds.